The van der Waals surface area contributed by atoms with Crippen LogP contribution < -0.4 is 0 Å². The minimum atomic E-state index is -4.48. The number of rotatable bonds is 42. The number of unbranched alkanes of at least 4 members (excludes halogenated alkanes) is 32. The Morgan fingerprint density at radius 1 is 0.288 bits per heavy atom. The van der Waals surface area contributed by atoms with Crippen molar-refractivity contribution in [3.05, 3.63) is 82.9 Å². The fourth-order valence-corrected chi connectivity index (χ4v) is 12.0. The van der Waals surface area contributed by atoms with Crippen LogP contribution in [-0.4, -0.2) is 74.8 Å². The Kier molecular flexibility index (Phi) is 38.9. The standard InChI is InChI=1S/2C32H52O3S.Ba/c2*1-3-5-7-9-11-13-15-17-19-21-28-23-24-29-27-32(36(33,34)35)30(26-31(29)25-28)22-20-18-16-14-12-10-8-6-4-2;/h2*23-27H,3-22H2,1-2H3,(H,33,34,35);/q;;+2/p-2. The van der Waals surface area contributed by atoms with Gasteiger partial charge in [0.1, 0.15) is 20.2 Å². The first-order chi connectivity index (χ1) is 34.9. The average Bonchev–Trinajstić information content (AvgIpc) is 3.35. The molecule has 0 fully saturated rings. The van der Waals surface area contributed by atoms with Gasteiger partial charge < -0.3 is 9.11 Å². The molecular formula is C64H102BaO6S2. The Morgan fingerprint density at radius 2 is 0.521 bits per heavy atom. The predicted octanol–water partition coefficient (Wildman–Crippen LogP) is 19.4. The number of hydrogen-bond acceptors (Lipinski definition) is 6. The minimum Gasteiger partial charge on any atom is -0.744 e. The molecule has 0 N–H and O–H groups in total. The van der Waals surface area contributed by atoms with E-state index in [1.165, 1.54) is 217 Å². The Labute approximate surface area is 489 Å². The van der Waals surface area contributed by atoms with Crippen LogP contribution in [0.4, 0.5) is 0 Å². The van der Waals surface area contributed by atoms with Gasteiger partial charge in [0, 0.05) is 0 Å². The van der Waals surface area contributed by atoms with Crippen LogP contribution in [-0.2, 0) is 45.9 Å². The summed E-state index contributed by atoms with van der Waals surface area (Å²) in [5, 5.41) is 3.80. The van der Waals surface area contributed by atoms with Gasteiger partial charge in [-0.2, -0.15) is 0 Å². The molecule has 73 heavy (non-hydrogen) atoms. The van der Waals surface area contributed by atoms with Gasteiger partial charge in [0.2, 0.25) is 0 Å². The molecule has 0 atom stereocenters. The second-order valence-electron chi connectivity index (χ2n) is 21.5. The summed E-state index contributed by atoms with van der Waals surface area (Å²) in [6.45, 7) is 9.00. The number of aryl methyl sites for hydroxylation is 4. The van der Waals surface area contributed by atoms with Crippen LogP contribution in [0.5, 0.6) is 0 Å². The van der Waals surface area contributed by atoms with Crippen molar-refractivity contribution in [1.82, 2.24) is 0 Å². The van der Waals surface area contributed by atoms with Gasteiger partial charge in [0.05, 0.1) is 9.79 Å². The molecule has 0 heterocycles. The summed E-state index contributed by atoms with van der Waals surface area (Å²) in [5.74, 6) is 0. The van der Waals surface area contributed by atoms with E-state index in [1.54, 1.807) is 12.1 Å². The fourth-order valence-electron chi connectivity index (χ4n) is 10.4. The molecule has 408 valence electrons. The van der Waals surface area contributed by atoms with Crippen LogP contribution in [0.2, 0.25) is 0 Å². The monoisotopic (exact) mass is 1170 g/mol. The zero-order valence-electron chi connectivity index (χ0n) is 47.0. The first-order valence-electron chi connectivity index (χ1n) is 29.9. The maximum absolute atomic E-state index is 12.0. The van der Waals surface area contributed by atoms with E-state index in [-0.39, 0.29) is 58.7 Å². The molecule has 0 saturated carbocycles. The summed E-state index contributed by atoms with van der Waals surface area (Å²) < 4.78 is 71.8. The molecule has 0 unspecified atom stereocenters. The van der Waals surface area contributed by atoms with E-state index in [0.717, 1.165) is 60.1 Å². The maximum Gasteiger partial charge on any atom is 2.00 e. The summed E-state index contributed by atoms with van der Waals surface area (Å²) >= 11 is 0. The molecule has 4 aromatic rings. The zero-order chi connectivity index (χ0) is 52.1. The van der Waals surface area contributed by atoms with Crippen molar-refractivity contribution in [1.29, 1.82) is 0 Å². The number of fused-ring (bicyclic) bond motifs is 2. The van der Waals surface area contributed by atoms with E-state index >= 15 is 0 Å². The zero-order valence-corrected chi connectivity index (χ0v) is 53.1. The summed E-state index contributed by atoms with van der Waals surface area (Å²) in [5.41, 5.74) is 4.00. The quantitative estimate of drug-likeness (QED) is 0.0248. The molecule has 6 nitrogen and oxygen atoms in total. The Morgan fingerprint density at radius 3 is 0.767 bits per heavy atom. The van der Waals surface area contributed by atoms with Gasteiger partial charge in [-0.05, 0) is 119 Å². The first kappa shape index (κ1) is 67.9. The number of hydrogen-bond donors (Lipinski definition) is 0. The molecule has 4 aromatic carbocycles. The maximum atomic E-state index is 12.0. The Hall–Kier alpha value is -1.21. The molecule has 9 heteroatoms. The van der Waals surface area contributed by atoms with Crippen LogP contribution in [0.1, 0.15) is 281 Å². The third kappa shape index (κ3) is 30.5. The van der Waals surface area contributed by atoms with Gasteiger partial charge in [0.25, 0.3) is 0 Å². The van der Waals surface area contributed by atoms with Gasteiger partial charge >= 0.3 is 48.9 Å². The Balaban J connectivity index is 0.000000493. The smallest absolute Gasteiger partial charge is 0.744 e. The van der Waals surface area contributed by atoms with E-state index in [2.05, 4.69) is 52.0 Å². The molecule has 0 amide bonds. The van der Waals surface area contributed by atoms with E-state index in [4.69, 9.17) is 0 Å². The predicted molar refractivity (Wildman–Crippen MR) is 313 cm³/mol. The summed E-state index contributed by atoms with van der Waals surface area (Å²) in [6.07, 6.45) is 49.2. The first-order valence-corrected chi connectivity index (χ1v) is 32.8. The van der Waals surface area contributed by atoms with Crippen LogP contribution >= 0.6 is 0 Å². The van der Waals surface area contributed by atoms with Crippen molar-refractivity contribution in [2.45, 2.75) is 294 Å². The van der Waals surface area contributed by atoms with Crippen LogP contribution in [0.25, 0.3) is 21.5 Å². The molecule has 0 aliphatic rings. The van der Waals surface area contributed by atoms with Crippen LogP contribution in [0, 0.1) is 0 Å². The molecule has 0 spiro atoms. The van der Waals surface area contributed by atoms with Gasteiger partial charge in [-0.3, -0.25) is 0 Å². The molecular weight excluding hydrogens is 1070 g/mol. The molecule has 0 bridgehead atoms. The SMILES string of the molecule is CCCCCCCCCCCc1ccc2cc(S(=O)(=O)[O-])c(CCCCCCCCCCC)cc2c1.CCCCCCCCCCCc1ccc2cc(S(=O)(=O)[O-])c(CCCCCCCCCCC)cc2c1.[Ba+2]. The Bertz CT molecular complexity index is 2100. The topological polar surface area (TPSA) is 114 Å². The van der Waals surface area contributed by atoms with E-state index in [9.17, 15) is 25.9 Å². The largest absolute Gasteiger partial charge is 2.00 e. The fraction of sp³-hybridized carbons (Fsp3) is 0.688. The summed E-state index contributed by atoms with van der Waals surface area (Å²) in [6, 6.07) is 19.7. The molecule has 0 radical (unpaired) electrons. The second kappa shape index (κ2) is 41.8. The third-order valence-corrected chi connectivity index (χ3v) is 16.8. The summed E-state index contributed by atoms with van der Waals surface area (Å²) in [4.78, 5) is -0.0532. The third-order valence-electron chi connectivity index (χ3n) is 14.9. The van der Waals surface area contributed by atoms with E-state index in [0.29, 0.717) is 24.0 Å². The van der Waals surface area contributed by atoms with Gasteiger partial charge in [-0.25, -0.2) is 16.8 Å². The summed E-state index contributed by atoms with van der Waals surface area (Å²) in [7, 11) is -8.95. The van der Waals surface area contributed by atoms with Crippen molar-refractivity contribution < 1.29 is 25.9 Å². The van der Waals surface area contributed by atoms with Gasteiger partial charge in [0.15, 0.2) is 0 Å². The van der Waals surface area contributed by atoms with Gasteiger partial charge in [-0.1, -0.05) is 270 Å². The van der Waals surface area contributed by atoms with Crippen molar-refractivity contribution in [2.24, 2.45) is 0 Å². The van der Waals surface area contributed by atoms with Crippen molar-refractivity contribution in [3.63, 3.8) is 0 Å². The van der Waals surface area contributed by atoms with Crippen LogP contribution in [0.15, 0.2) is 70.5 Å². The van der Waals surface area contributed by atoms with Gasteiger partial charge in [-0.15, -0.1) is 0 Å². The molecule has 0 aliphatic carbocycles. The average molecular weight is 1170 g/mol. The molecule has 0 saturated heterocycles. The second-order valence-corrected chi connectivity index (χ2v) is 24.2. The van der Waals surface area contributed by atoms with Crippen molar-refractivity contribution >= 4 is 90.7 Å². The van der Waals surface area contributed by atoms with E-state index < -0.39 is 20.2 Å². The van der Waals surface area contributed by atoms with E-state index in [1.807, 2.05) is 24.3 Å². The molecule has 0 aromatic heterocycles. The van der Waals surface area contributed by atoms with Crippen LogP contribution in [0.3, 0.4) is 0 Å². The number of benzene rings is 4. The van der Waals surface area contributed by atoms with Crippen molar-refractivity contribution in [2.75, 3.05) is 0 Å². The minimum absolute atomic E-state index is 0. The normalized spacial score (nSPS) is 11.8. The molecule has 0 aliphatic heterocycles. The van der Waals surface area contributed by atoms with Crippen molar-refractivity contribution in [3.8, 4) is 0 Å². The molecule has 4 rings (SSSR count).